The van der Waals surface area contributed by atoms with Gasteiger partial charge in [0, 0.05) is 24.0 Å². The van der Waals surface area contributed by atoms with E-state index < -0.39 is 28.5 Å². The smallest absolute Gasteiger partial charge is 0.244 e. The molecule has 0 aliphatic rings. The zero-order chi connectivity index (χ0) is 28.4. The van der Waals surface area contributed by atoms with E-state index in [1.807, 2.05) is 68.4 Å². The number of benzene rings is 3. The van der Waals surface area contributed by atoms with Crippen LogP contribution in [-0.4, -0.2) is 50.5 Å². The van der Waals surface area contributed by atoms with Crippen LogP contribution >= 0.6 is 15.9 Å². The fourth-order valence-corrected chi connectivity index (χ4v) is 5.51. The second-order valence-corrected chi connectivity index (χ2v) is 12.4. The van der Waals surface area contributed by atoms with Gasteiger partial charge in [0.05, 0.1) is 11.9 Å². The Bertz CT molecular complexity index is 1350. The highest BCUT2D eigenvalue weighted by Crippen LogP contribution is 2.22. The Kier molecular flexibility index (Phi) is 11.1. The van der Waals surface area contributed by atoms with Crippen molar-refractivity contribution in [2.45, 2.75) is 45.7 Å². The van der Waals surface area contributed by atoms with E-state index in [9.17, 15) is 18.0 Å². The highest BCUT2D eigenvalue weighted by Gasteiger charge is 2.33. The van der Waals surface area contributed by atoms with Crippen LogP contribution in [0, 0.1) is 6.92 Å². The van der Waals surface area contributed by atoms with Crippen molar-refractivity contribution in [1.29, 1.82) is 0 Å². The lowest BCUT2D eigenvalue weighted by molar-refractivity contribution is -0.140. The Morgan fingerprint density at radius 3 is 2.23 bits per heavy atom. The summed E-state index contributed by atoms with van der Waals surface area (Å²) in [4.78, 5) is 29.1. The van der Waals surface area contributed by atoms with Crippen molar-refractivity contribution >= 4 is 43.5 Å². The summed E-state index contributed by atoms with van der Waals surface area (Å²) in [6.07, 6.45) is 3.11. The molecule has 0 bridgehead atoms. The average Bonchev–Trinajstić information content (AvgIpc) is 2.90. The molecule has 208 valence electrons. The third-order valence-electron chi connectivity index (χ3n) is 6.34. The molecule has 3 aromatic carbocycles. The van der Waals surface area contributed by atoms with E-state index in [2.05, 4.69) is 21.2 Å². The molecule has 0 aromatic heterocycles. The minimum Gasteiger partial charge on any atom is -0.354 e. The molecule has 0 fully saturated rings. The molecule has 0 spiro atoms. The zero-order valence-corrected chi connectivity index (χ0v) is 25.0. The van der Waals surface area contributed by atoms with E-state index >= 15 is 0 Å². The summed E-state index contributed by atoms with van der Waals surface area (Å²) >= 11 is 3.48. The van der Waals surface area contributed by atoms with E-state index in [-0.39, 0.29) is 12.5 Å². The lowest BCUT2D eigenvalue weighted by Gasteiger charge is -2.33. The van der Waals surface area contributed by atoms with Crippen LogP contribution in [-0.2, 0) is 32.6 Å². The van der Waals surface area contributed by atoms with E-state index in [4.69, 9.17) is 0 Å². The summed E-state index contributed by atoms with van der Waals surface area (Å²) in [7, 11) is -3.78. The molecule has 0 saturated heterocycles. The average molecular weight is 615 g/mol. The first-order valence-electron chi connectivity index (χ1n) is 13.0. The number of anilines is 1. The van der Waals surface area contributed by atoms with Crippen LogP contribution in [0.25, 0.3) is 0 Å². The number of amides is 2. The maximum absolute atomic E-state index is 14.0. The van der Waals surface area contributed by atoms with Crippen molar-refractivity contribution in [3.05, 3.63) is 100 Å². The molecule has 0 aliphatic carbocycles. The largest absolute Gasteiger partial charge is 0.354 e. The van der Waals surface area contributed by atoms with Gasteiger partial charge in [0.25, 0.3) is 0 Å². The van der Waals surface area contributed by atoms with Gasteiger partial charge in [-0.05, 0) is 48.7 Å². The summed E-state index contributed by atoms with van der Waals surface area (Å²) in [5, 5.41) is 2.98. The van der Waals surface area contributed by atoms with Gasteiger partial charge in [-0.25, -0.2) is 8.42 Å². The van der Waals surface area contributed by atoms with Gasteiger partial charge in [-0.15, -0.1) is 0 Å². The molecule has 39 heavy (non-hydrogen) atoms. The predicted molar refractivity (Wildman–Crippen MR) is 160 cm³/mol. The van der Waals surface area contributed by atoms with Gasteiger partial charge >= 0.3 is 0 Å². The van der Waals surface area contributed by atoms with Gasteiger partial charge in [-0.2, -0.15) is 0 Å². The van der Waals surface area contributed by atoms with E-state index in [1.54, 1.807) is 24.3 Å². The SMILES string of the molecule is CCCCNC(=O)[C@@H](Cc1ccccc1)N(Cc1cccc(Br)c1)C(=O)CN(c1ccc(C)cc1)S(C)(=O)=O. The Morgan fingerprint density at radius 1 is 0.949 bits per heavy atom. The van der Waals surface area contributed by atoms with Crippen LogP contribution < -0.4 is 9.62 Å². The number of hydrogen-bond donors (Lipinski definition) is 1. The highest BCUT2D eigenvalue weighted by atomic mass is 79.9. The Morgan fingerprint density at radius 2 is 1.62 bits per heavy atom. The number of hydrogen-bond acceptors (Lipinski definition) is 4. The van der Waals surface area contributed by atoms with Gasteiger partial charge in [-0.1, -0.05) is 89.4 Å². The van der Waals surface area contributed by atoms with Crippen molar-refractivity contribution in [3.63, 3.8) is 0 Å². The predicted octanol–water partition coefficient (Wildman–Crippen LogP) is 5.08. The molecule has 9 heteroatoms. The van der Waals surface area contributed by atoms with Crippen molar-refractivity contribution in [1.82, 2.24) is 10.2 Å². The molecule has 3 aromatic rings. The topological polar surface area (TPSA) is 86.8 Å². The van der Waals surface area contributed by atoms with Crippen molar-refractivity contribution in [2.75, 3.05) is 23.7 Å². The lowest BCUT2D eigenvalue weighted by Crippen LogP contribution is -2.53. The molecule has 1 atom stereocenters. The van der Waals surface area contributed by atoms with Crippen molar-refractivity contribution in [2.24, 2.45) is 0 Å². The van der Waals surface area contributed by atoms with E-state index in [0.717, 1.165) is 44.6 Å². The van der Waals surface area contributed by atoms with Gasteiger partial charge in [0.15, 0.2) is 0 Å². The summed E-state index contributed by atoms with van der Waals surface area (Å²) < 4.78 is 27.6. The number of halogens is 1. The first-order chi connectivity index (χ1) is 18.6. The van der Waals surface area contributed by atoms with Gasteiger partial charge in [0.1, 0.15) is 12.6 Å². The number of nitrogens with zero attached hydrogens (tertiary/aromatic N) is 2. The van der Waals surface area contributed by atoms with E-state index in [0.29, 0.717) is 18.7 Å². The molecule has 0 aliphatic heterocycles. The molecule has 7 nitrogen and oxygen atoms in total. The third-order valence-corrected chi connectivity index (χ3v) is 7.98. The number of sulfonamides is 1. The summed E-state index contributed by atoms with van der Waals surface area (Å²) in [5.41, 5.74) is 3.09. The molecule has 0 unspecified atom stereocenters. The van der Waals surface area contributed by atoms with Crippen LogP contribution in [0.2, 0.25) is 0 Å². The first kappa shape index (κ1) is 30.4. The maximum Gasteiger partial charge on any atom is 0.244 e. The third kappa shape index (κ3) is 9.21. The lowest BCUT2D eigenvalue weighted by atomic mass is 10.0. The van der Waals surface area contributed by atoms with Crippen molar-refractivity contribution < 1.29 is 18.0 Å². The number of rotatable bonds is 13. The molecule has 2 amide bonds. The zero-order valence-electron chi connectivity index (χ0n) is 22.6. The van der Waals surface area contributed by atoms with Crippen LogP contribution in [0.4, 0.5) is 5.69 Å². The Hall–Kier alpha value is -3.17. The fourth-order valence-electron chi connectivity index (χ4n) is 4.22. The standard InChI is InChI=1S/C30H36BrN3O4S/c1-4-5-18-32-30(36)28(20-24-10-7-6-8-11-24)33(21-25-12-9-13-26(31)19-25)29(35)22-34(39(3,37)38)27-16-14-23(2)15-17-27/h6-17,19,28H,4-5,18,20-22H2,1-3H3,(H,32,36)/t28-/m1/s1. The second-order valence-electron chi connectivity index (χ2n) is 9.61. The normalized spacial score (nSPS) is 12.0. The number of aryl methyl sites for hydroxylation is 1. The number of carbonyl (C=O) groups is 2. The van der Waals surface area contributed by atoms with Crippen LogP contribution in [0.5, 0.6) is 0 Å². The molecule has 1 N–H and O–H groups in total. The van der Waals surface area contributed by atoms with Gasteiger partial charge in [0.2, 0.25) is 21.8 Å². The molecule has 0 radical (unpaired) electrons. The van der Waals surface area contributed by atoms with Gasteiger partial charge in [-0.3, -0.25) is 13.9 Å². The van der Waals surface area contributed by atoms with Crippen LogP contribution in [0.15, 0.2) is 83.3 Å². The fraction of sp³-hybridized carbons (Fsp3) is 0.333. The number of nitrogens with one attached hydrogen (secondary N) is 1. The second kappa shape index (κ2) is 14.3. The number of unbranched alkanes of at least 4 members (excludes halogenated alkanes) is 1. The Labute approximate surface area is 240 Å². The molecule has 0 heterocycles. The minimum atomic E-state index is -3.78. The summed E-state index contributed by atoms with van der Waals surface area (Å²) in [6.45, 7) is 4.16. The Balaban J connectivity index is 2.02. The maximum atomic E-state index is 14.0. The first-order valence-corrected chi connectivity index (χ1v) is 15.6. The summed E-state index contributed by atoms with van der Waals surface area (Å²) in [6, 6.07) is 23.2. The van der Waals surface area contributed by atoms with Crippen LogP contribution in [0.1, 0.15) is 36.5 Å². The van der Waals surface area contributed by atoms with E-state index in [1.165, 1.54) is 4.90 Å². The highest BCUT2D eigenvalue weighted by molar-refractivity contribution is 9.10. The monoisotopic (exact) mass is 613 g/mol. The molecular weight excluding hydrogens is 578 g/mol. The quantitative estimate of drug-likeness (QED) is 0.272. The number of carbonyl (C=O) groups excluding carboxylic acids is 2. The molecular formula is C30H36BrN3O4S. The van der Waals surface area contributed by atoms with Gasteiger partial charge < -0.3 is 10.2 Å². The molecule has 3 rings (SSSR count). The van der Waals surface area contributed by atoms with Crippen LogP contribution in [0.3, 0.4) is 0 Å². The molecule has 0 saturated carbocycles. The minimum absolute atomic E-state index is 0.141. The summed E-state index contributed by atoms with van der Waals surface area (Å²) in [5.74, 6) is -0.732. The van der Waals surface area contributed by atoms with Crippen molar-refractivity contribution in [3.8, 4) is 0 Å².